The Bertz CT molecular complexity index is 484. The number of rotatable bonds is 3. The third kappa shape index (κ3) is 1.99. The molecule has 0 aliphatic heterocycles. The van der Waals surface area contributed by atoms with Crippen LogP contribution in [-0.4, -0.2) is 14.8 Å². The highest BCUT2D eigenvalue weighted by Crippen LogP contribution is 2.11. The number of nitrogens with zero attached hydrogens (tertiary/aromatic N) is 2. The van der Waals surface area contributed by atoms with Crippen LogP contribution in [0.5, 0.6) is 0 Å². The van der Waals surface area contributed by atoms with Crippen LogP contribution >= 0.6 is 12.2 Å². The molecule has 0 atom stereocenters. The lowest BCUT2D eigenvalue weighted by atomic mass is 10.3. The molecule has 2 rings (SSSR count). The third-order valence-electron chi connectivity index (χ3n) is 2.23. The summed E-state index contributed by atoms with van der Waals surface area (Å²) in [5.74, 6) is 0.994. The van der Waals surface area contributed by atoms with Gasteiger partial charge in [-0.1, -0.05) is 25.1 Å². The lowest BCUT2D eigenvalue weighted by Gasteiger charge is -2.04. The second-order valence-corrected chi connectivity index (χ2v) is 3.75. The van der Waals surface area contributed by atoms with Crippen molar-refractivity contribution in [1.29, 1.82) is 0 Å². The number of hydrogen-bond acceptors (Lipinski definition) is 2. The van der Waals surface area contributed by atoms with Gasteiger partial charge in [0.2, 0.25) is 0 Å². The van der Waals surface area contributed by atoms with Gasteiger partial charge in [0.05, 0.1) is 0 Å². The molecule has 0 spiro atoms. The summed E-state index contributed by atoms with van der Waals surface area (Å²) in [6.45, 7) is 2.13. The van der Waals surface area contributed by atoms with Crippen LogP contribution in [0.1, 0.15) is 19.2 Å². The monoisotopic (exact) mass is 219 g/mol. The van der Waals surface area contributed by atoms with E-state index in [4.69, 9.17) is 12.2 Å². The molecule has 0 saturated carbocycles. The van der Waals surface area contributed by atoms with Crippen LogP contribution in [0.15, 0.2) is 30.3 Å². The Labute approximate surface area is 93.8 Å². The Hall–Kier alpha value is -1.42. The summed E-state index contributed by atoms with van der Waals surface area (Å²) in [7, 11) is 0. The van der Waals surface area contributed by atoms with Gasteiger partial charge in [-0.25, -0.2) is 0 Å². The second kappa shape index (κ2) is 4.40. The first-order chi connectivity index (χ1) is 7.33. The normalized spacial score (nSPS) is 10.5. The molecule has 0 aliphatic carbocycles. The van der Waals surface area contributed by atoms with Crippen molar-refractivity contribution in [3.05, 3.63) is 40.9 Å². The van der Waals surface area contributed by atoms with Gasteiger partial charge in [-0.05, 0) is 30.8 Å². The maximum atomic E-state index is 5.21. The maximum Gasteiger partial charge on any atom is 0.199 e. The maximum absolute atomic E-state index is 5.21. The Morgan fingerprint density at radius 2 is 2.07 bits per heavy atom. The van der Waals surface area contributed by atoms with Crippen LogP contribution in [0.4, 0.5) is 0 Å². The standard InChI is InChI=1S/C11H13N3S/c1-2-6-10-12-13-11(15)14(10)9-7-4-3-5-8-9/h3-5,7-8H,2,6H2,1H3,(H,13,15). The molecular formula is C11H13N3S. The van der Waals surface area contributed by atoms with Crippen LogP contribution in [0.25, 0.3) is 5.69 Å². The number of aryl methyl sites for hydroxylation is 1. The Kier molecular flexibility index (Phi) is 2.97. The summed E-state index contributed by atoms with van der Waals surface area (Å²) >= 11 is 5.21. The number of aromatic amines is 1. The van der Waals surface area contributed by atoms with Gasteiger partial charge in [0, 0.05) is 12.1 Å². The van der Waals surface area contributed by atoms with Crippen molar-refractivity contribution >= 4 is 12.2 Å². The zero-order valence-electron chi connectivity index (χ0n) is 8.60. The van der Waals surface area contributed by atoms with Crippen molar-refractivity contribution in [2.45, 2.75) is 19.8 Å². The predicted molar refractivity (Wildman–Crippen MR) is 62.7 cm³/mol. The quantitative estimate of drug-likeness (QED) is 0.805. The number of H-pyrrole nitrogens is 1. The van der Waals surface area contributed by atoms with Gasteiger partial charge in [0.1, 0.15) is 5.82 Å². The van der Waals surface area contributed by atoms with E-state index in [1.165, 1.54) is 0 Å². The number of nitrogens with one attached hydrogen (secondary N) is 1. The van der Waals surface area contributed by atoms with Crippen LogP contribution < -0.4 is 0 Å². The SMILES string of the molecule is CCCc1n[nH]c(=S)n1-c1ccccc1. The van der Waals surface area contributed by atoms with Gasteiger partial charge >= 0.3 is 0 Å². The van der Waals surface area contributed by atoms with E-state index in [1.54, 1.807) is 0 Å². The van der Waals surface area contributed by atoms with Gasteiger partial charge in [-0.15, -0.1) is 0 Å². The first-order valence-electron chi connectivity index (χ1n) is 5.04. The van der Waals surface area contributed by atoms with Crippen molar-refractivity contribution in [1.82, 2.24) is 14.8 Å². The molecule has 1 aromatic heterocycles. The van der Waals surface area contributed by atoms with E-state index < -0.39 is 0 Å². The molecule has 0 amide bonds. The summed E-state index contributed by atoms with van der Waals surface area (Å²) in [5.41, 5.74) is 1.07. The smallest absolute Gasteiger partial charge is 0.199 e. The number of hydrogen-bond donors (Lipinski definition) is 1. The summed E-state index contributed by atoms with van der Waals surface area (Å²) in [6, 6.07) is 10.1. The molecule has 0 aliphatic rings. The fraction of sp³-hybridized carbons (Fsp3) is 0.273. The molecule has 0 bridgehead atoms. The van der Waals surface area contributed by atoms with E-state index >= 15 is 0 Å². The summed E-state index contributed by atoms with van der Waals surface area (Å²) in [5, 5.41) is 7.06. The van der Waals surface area contributed by atoms with Crippen LogP contribution in [-0.2, 0) is 6.42 Å². The molecule has 1 heterocycles. The lowest BCUT2D eigenvalue weighted by Crippen LogP contribution is -2.00. The minimum atomic E-state index is 0.657. The molecule has 1 N–H and O–H groups in total. The molecule has 0 saturated heterocycles. The Morgan fingerprint density at radius 3 is 2.73 bits per heavy atom. The largest absolute Gasteiger partial charge is 0.272 e. The van der Waals surface area contributed by atoms with E-state index in [0.717, 1.165) is 24.4 Å². The van der Waals surface area contributed by atoms with Crippen LogP contribution in [0, 0.1) is 4.77 Å². The summed E-state index contributed by atoms with van der Waals surface area (Å²) in [6.07, 6.45) is 1.99. The van der Waals surface area contributed by atoms with Crippen molar-refractivity contribution in [3.8, 4) is 5.69 Å². The van der Waals surface area contributed by atoms with Gasteiger partial charge in [-0.2, -0.15) is 5.10 Å². The van der Waals surface area contributed by atoms with E-state index in [9.17, 15) is 0 Å². The Morgan fingerprint density at radius 1 is 1.33 bits per heavy atom. The molecule has 15 heavy (non-hydrogen) atoms. The zero-order chi connectivity index (χ0) is 10.7. The average Bonchev–Trinajstić information content (AvgIpc) is 2.62. The number of para-hydroxylation sites is 1. The van der Waals surface area contributed by atoms with Crippen LogP contribution in [0.3, 0.4) is 0 Å². The van der Waals surface area contributed by atoms with E-state index in [0.29, 0.717) is 4.77 Å². The van der Waals surface area contributed by atoms with Gasteiger partial charge in [-0.3, -0.25) is 9.67 Å². The fourth-order valence-electron chi connectivity index (χ4n) is 1.56. The van der Waals surface area contributed by atoms with Gasteiger partial charge < -0.3 is 0 Å². The van der Waals surface area contributed by atoms with E-state index in [2.05, 4.69) is 17.1 Å². The van der Waals surface area contributed by atoms with Crippen LogP contribution in [0.2, 0.25) is 0 Å². The molecule has 1 aromatic carbocycles. The molecule has 0 fully saturated rings. The first kappa shape index (κ1) is 10.1. The Balaban J connectivity index is 2.52. The lowest BCUT2D eigenvalue weighted by molar-refractivity contribution is 0.801. The number of benzene rings is 1. The number of aromatic nitrogens is 3. The molecule has 2 aromatic rings. The van der Waals surface area contributed by atoms with Gasteiger partial charge in [0.25, 0.3) is 0 Å². The third-order valence-corrected chi connectivity index (χ3v) is 2.50. The van der Waals surface area contributed by atoms with Crippen molar-refractivity contribution < 1.29 is 0 Å². The predicted octanol–water partition coefficient (Wildman–Crippen LogP) is 2.88. The van der Waals surface area contributed by atoms with E-state index in [1.807, 2.05) is 34.9 Å². The van der Waals surface area contributed by atoms with Crippen molar-refractivity contribution in [3.63, 3.8) is 0 Å². The summed E-state index contributed by atoms with van der Waals surface area (Å²) in [4.78, 5) is 0. The first-order valence-corrected chi connectivity index (χ1v) is 5.45. The van der Waals surface area contributed by atoms with Gasteiger partial charge in [0.15, 0.2) is 4.77 Å². The summed E-state index contributed by atoms with van der Waals surface area (Å²) < 4.78 is 2.64. The molecule has 0 unspecified atom stereocenters. The highest BCUT2D eigenvalue weighted by Gasteiger charge is 2.05. The molecule has 0 radical (unpaired) electrons. The average molecular weight is 219 g/mol. The van der Waals surface area contributed by atoms with Crippen molar-refractivity contribution in [2.24, 2.45) is 0 Å². The fourth-order valence-corrected chi connectivity index (χ4v) is 1.82. The highest BCUT2D eigenvalue weighted by molar-refractivity contribution is 7.71. The van der Waals surface area contributed by atoms with Crippen molar-refractivity contribution in [2.75, 3.05) is 0 Å². The molecule has 4 heteroatoms. The molecule has 78 valence electrons. The molecule has 3 nitrogen and oxygen atoms in total. The minimum absolute atomic E-state index is 0.657. The highest BCUT2D eigenvalue weighted by atomic mass is 32.1. The topological polar surface area (TPSA) is 33.6 Å². The minimum Gasteiger partial charge on any atom is -0.272 e. The second-order valence-electron chi connectivity index (χ2n) is 3.37. The van der Waals surface area contributed by atoms with E-state index in [-0.39, 0.29) is 0 Å². The molecular weight excluding hydrogens is 206 g/mol. The zero-order valence-corrected chi connectivity index (χ0v) is 9.42.